The van der Waals surface area contributed by atoms with E-state index in [2.05, 4.69) is 39.4 Å². The van der Waals surface area contributed by atoms with Gasteiger partial charge in [0.2, 0.25) is 0 Å². The number of aliphatic hydroxyl groups excluding tert-OH is 1. The van der Waals surface area contributed by atoms with Gasteiger partial charge in [-0.25, -0.2) is 0 Å². The van der Waals surface area contributed by atoms with Crippen molar-refractivity contribution in [2.45, 2.75) is 95.5 Å². The van der Waals surface area contributed by atoms with Gasteiger partial charge in [0.1, 0.15) is 0 Å². The van der Waals surface area contributed by atoms with Crippen LogP contribution >= 0.6 is 10.3 Å². The summed E-state index contributed by atoms with van der Waals surface area (Å²) in [5, 5.41) is 10.8. The predicted octanol–water partition coefficient (Wildman–Crippen LogP) is 6.22. The lowest BCUT2D eigenvalue weighted by atomic mass is 9.59. The van der Waals surface area contributed by atoms with Gasteiger partial charge < -0.3 is 18.8 Å². The zero-order valence-electron chi connectivity index (χ0n) is 22.5. The first-order valence-corrected chi connectivity index (χ1v) is 15.9. The Balaban J connectivity index is 1.70. The number of nitrogens with zero attached hydrogens (tertiary/aromatic N) is 1. The minimum Gasteiger partial charge on any atom is -0.392 e. The van der Waals surface area contributed by atoms with Gasteiger partial charge >= 0.3 is 0 Å². The lowest BCUT2D eigenvalue weighted by molar-refractivity contribution is 0.0413. The Morgan fingerprint density at radius 3 is 2.46 bits per heavy atom. The largest absolute Gasteiger partial charge is 0.392 e. The molecule has 35 heavy (non-hydrogen) atoms. The first-order valence-electron chi connectivity index (χ1n) is 13.6. The highest BCUT2D eigenvalue weighted by atomic mass is 32.3. The molecular formula is C29H45NO4S. The number of aromatic nitrogens is 1. The molecule has 1 aromatic heterocycles. The fourth-order valence-corrected chi connectivity index (χ4v) is 7.31. The van der Waals surface area contributed by atoms with Crippen LogP contribution in [0.3, 0.4) is 0 Å². The number of hydrogen-bond donors (Lipinski definition) is 1. The Bertz CT molecular complexity index is 970. The second-order valence-corrected chi connectivity index (χ2v) is 16.4. The van der Waals surface area contributed by atoms with Crippen molar-refractivity contribution in [3.63, 3.8) is 0 Å². The van der Waals surface area contributed by atoms with Gasteiger partial charge in [-0.3, -0.25) is 4.98 Å². The molecule has 1 N–H and O–H groups in total. The minimum atomic E-state index is -1.32. The molecule has 0 aromatic carbocycles. The van der Waals surface area contributed by atoms with E-state index in [1.54, 1.807) is 0 Å². The second kappa shape index (κ2) is 9.75. The first-order chi connectivity index (χ1) is 16.6. The fourth-order valence-electron chi connectivity index (χ4n) is 6.28. The first kappa shape index (κ1) is 25.7. The topological polar surface area (TPSA) is 60.8 Å². The third-order valence-electron chi connectivity index (χ3n) is 9.23. The third kappa shape index (κ3) is 4.86. The van der Waals surface area contributed by atoms with Crippen LogP contribution in [0.2, 0.25) is 0 Å². The Morgan fingerprint density at radius 2 is 1.89 bits per heavy atom. The molecule has 0 radical (unpaired) electrons. The van der Waals surface area contributed by atoms with Crippen LogP contribution in [-0.2, 0) is 26.7 Å². The summed E-state index contributed by atoms with van der Waals surface area (Å²) in [5.74, 6) is 0.352. The van der Waals surface area contributed by atoms with Crippen LogP contribution < -0.4 is 0 Å². The van der Waals surface area contributed by atoms with Crippen LogP contribution in [-0.4, -0.2) is 53.8 Å². The maximum Gasteiger partial charge on any atom is 0.0979 e. The normalized spacial score (nSPS) is 25.7. The highest BCUT2D eigenvalue weighted by Crippen LogP contribution is 2.62. The molecule has 2 aliphatic heterocycles. The predicted molar refractivity (Wildman–Crippen MR) is 144 cm³/mol. The maximum atomic E-state index is 10.8. The lowest BCUT2D eigenvalue weighted by Gasteiger charge is -2.52. The van der Waals surface area contributed by atoms with Crippen molar-refractivity contribution in [2.75, 3.05) is 38.9 Å². The van der Waals surface area contributed by atoms with Crippen LogP contribution in [0.25, 0.3) is 5.57 Å². The zero-order valence-corrected chi connectivity index (χ0v) is 23.3. The number of aliphatic hydroxyl groups is 1. The van der Waals surface area contributed by atoms with Crippen molar-refractivity contribution < 1.29 is 18.8 Å². The molecule has 0 amide bonds. The molecule has 4 aliphatic rings. The van der Waals surface area contributed by atoms with Crippen molar-refractivity contribution in [3.05, 3.63) is 34.2 Å². The zero-order chi connectivity index (χ0) is 24.8. The van der Waals surface area contributed by atoms with Crippen LogP contribution in [0.1, 0.15) is 106 Å². The lowest BCUT2D eigenvalue weighted by Crippen LogP contribution is -2.40. The van der Waals surface area contributed by atoms with E-state index in [0.29, 0.717) is 17.9 Å². The highest BCUT2D eigenvalue weighted by Gasteiger charge is 2.48. The quantitative estimate of drug-likeness (QED) is 0.517. The van der Waals surface area contributed by atoms with Crippen molar-refractivity contribution in [1.29, 1.82) is 0 Å². The van der Waals surface area contributed by atoms with Crippen molar-refractivity contribution in [2.24, 2.45) is 5.41 Å². The van der Waals surface area contributed by atoms with Gasteiger partial charge in [0.25, 0.3) is 0 Å². The van der Waals surface area contributed by atoms with Crippen LogP contribution in [0.5, 0.6) is 0 Å². The fraction of sp³-hybridized carbons (Fsp3) is 0.759. The molecule has 0 bridgehead atoms. The van der Waals surface area contributed by atoms with Gasteiger partial charge in [0.15, 0.2) is 0 Å². The number of hydrogen-bond acceptors (Lipinski definition) is 5. The van der Waals surface area contributed by atoms with Crippen molar-refractivity contribution in [3.8, 4) is 0 Å². The molecule has 1 saturated heterocycles. The monoisotopic (exact) mass is 503 g/mol. The van der Waals surface area contributed by atoms with Gasteiger partial charge in [-0.1, -0.05) is 33.3 Å². The molecule has 1 atom stereocenters. The van der Waals surface area contributed by atoms with Crippen molar-refractivity contribution >= 4 is 15.9 Å². The summed E-state index contributed by atoms with van der Waals surface area (Å²) in [6.07, 6.45) is 15.7. The molecule has 2 aliphatic carbocycles. The summed E-state index contributed by atoms with van der Waals surface area (Å²) < 4.78 is 18.7. The summed E-state index contributed by atoms with van der Waals surface area (Å²) >= 11 is 0. The molecule has 2 fully saturated rings. The number of ether oxygens (including phenoxy) is 2. The van der Waals surface area contributed by atoms with Gasteiger partial charge in [0, 0.05) is 40.7 Å². The minimum absolute atomic E-state index is 0.0217. The Morgan fingerprint density at radius 1 is 1.14 bits per heavy atom. The summed E-state index contributed by atoms with van der Waals surface area (Å²) in [6.45, 7) is 9.86. The molecule has 1 saturated carbocycles. The SMILES string of the molecule is CC(C)(C)S(C)(C)OC1CC2(CCC2)Cc2nc(C3CCOCC3)c(CO)c(C3=CCOCC3)c21. The van der Waals surface area contributed by atoms with E-state index in [9.17, 15) is 5.11 Å². The number of fused-ring (bicyclic) bond motifs is 1. The van der Waals surface area contributed by atoms with Gasteiger partial charge in [0.05, 0.1) is 31.6 Å². The Labute approximate surface area is 213 Å². The number of rotatable bonds is 5. The number of pyridine rings is 1. The summed E-state index contributed by atoms with van der Waals surface area (Å²) in [7, 11) is -1.32. The molecule has 6 heteroatoms. The summed E-state index contributed by atoms with van der Waals surface area (Å²) in [5.41, 5.74) is 7.55. The van der Waals surface area contributed by atoms with Crippen LogP contribution in [0.4, 0.5) is 0 Å². The van der Waals surface area contributed by atoms with E-state index >= 15 is 0 Å². The molecule has 1 spiro atoms. The Kier molecular flexibility index (Phi) is 7.17. The third-order valence-corrected chi connectivity index (χ3v) is 12.9. The van der Waals surface area contributed by atoms with E-state index in [1.165, 1.54) is 41.7 Å². The molecule has 5 nitrogen and oxygen atoms in total. The molecule has 1 unspecified atom stereocenters. The van der Waals surface area contributed by atoms with E-state index in [4.69, 9.17) is 18.6 Å². The molecular weight excluding hydrogens is 458 g/mol. The Hall–Kier alpha value is -0.920. The average Bonchev–Trinajstić information content (AvgIpc) is 2.82. The van der Waals surface area contributed by atoms with E-state index < -0.39 is 10.3 Å². The molecule has 1 aromatic rings. The smallest absolute Gasteiger partial charge is 0.0979 e. The summed E-state index contributed by atoms with van der Waals surface area (Å²) in [6, 6.07) is 0. The summed E-state index contributed by atoms with van der Waals surface area (Å²) in [4.78, 5) is 5.44. The second-order valence-electron chi connectivity index (χ2n) is 12.5. The maximum absolute atomic E-state index is 10.8. The van der Waals surface area contributed by atoms with Crippen LogP contribution in [0, 0.1) is 5.41 Å². The molecule has 3 heterocycles. The highest BCUT2D eigenvalue weighted by molar-refractivity contribution is 8.29. The van der Waals surface area contributed by atoms with Crippen molar-refractivity contribution in [1.82, 2.24) is 4.98 Å². The average molecular weight is 504 g/mol. The standard InChI is InChI=1S/C29H45NO4S/c1-28(2,3)35(4,5)34-24-18-29(11-6-12-29)17-23-26(24)25(20-7-13-32-14-8-20)22(19-31)27(30-23)21-9-15-33-16-10-21/h7,21,24,31H,6,8-19H2,1-5H3. The van der Waals surface area contributed by atoms with E-state index in [-0.39, 0.29) is 17.5 Å². The van der Waals surface area contributed by atoms with E-state index in [0.717, 1.165) is 63.2 Å². The molecule has 5 rings (SSSR count). The van der Waals surface area contributed by atoms with Gasteiger partial charge in [-0.15, -0.1) is 10.3 Å². The van der Waals surface area contributed by atoms with Crippen LogP contribution in [0.15, 0.2) is 6.08 Å². The van der Waals surface area contributed by atoms with Gasteiger partial charge in [-0.2, -0.15) is 0 Å². The van der Waals surface area contributed by atoms with E-state index in [1.807, 2.05) is 0 Å². The van der Waals surface area contributed by atoms with Gasteiger partial charge in [-0.05, 0) is 74.0 Å². The molecule has 196 valence electrons.